The Balaban J connectivity index is 0.000000189. The van der Waals surface area contributed by atoms with E-state index in [1.807, 2.05) is 24.3 Å². The Kier molecular flexibility index (Phi) is 9.51. The molecule has 182 valence electrons. The molecule has 0 radical (unpaired) electrons. The lowest BCUT2D eigenvalue weighted by atomic mass is 9.68. The van der Waals surface area contributed by atoms with Crippen molar-refractivity contribution in [3.63, 3.8) is 0 Å². The number of ether oxygens (including phenoxy) is 2. The van der Waals surface area contributed by atoms with Gasteiger partial charge in [0.1, 0.15) is 0 Å². The van der Waals surface area contributed by atoms with Crippen LogP contribution < -0.4 is 5.32 Å². The second-order valence-electron chi connectivity index (χ2n) is 11.0. The van der Waals surface area contributed by atoms with E-state index in [2.05, 4.69) is 69.4 Å². The topological polar surface area (TPSA) is 50.7 Å². The van der Waals surface area contributed by atoms with Crippen molar-refractivity contribution in [2.45, 2.75) is 84.8 Å². The lowest BCUT2D eigenvalue weighted by Gasteiger charge is -2.45. The zero-order chi connectivity index (χ0) is 23.7. The van der Waals surface area contributed by atoms with Crippen molar-refractivity contribution in [1.82, 2.24) is 5.32 Å². The summed E-state index contributed by atoms with van der Waals surface area (Å²) < 4.78 is 11.7. The van der Waals surface area contributed by atoms with E-state index in [-0.39, 0.29) is 12.0 Å². The lowest BCUT2D eigenvalue weighted by molar-refractivity contribution is -0.0992. The molecule has 33 heavy (non-hydrogen) atoms. The SMILES string of the molecule is CC(C)NCC1(C)CC(OCc2ccccc2)C1.CC1(CO)CC(OCc2ccccc2)C1. The van der Waals surface area contributed by atoms with Crippen LogP contribution in [0.1, 0.15) is 64.5 Å². The summed E-state index contributed by atoms with van der Waals surface area (Å²) in [5, 5.41) is 12.6. The summed E-state index contributed by atoms with van der Waals surface area (Å²) in [6.07, 6.45) is 5.11. The molecule has 0 heterocycles. The van der Waals surface area contributed by atoms with Crippen LogP contribution in [-0.4, -0.2) is 36.5 Å². The molecule has 0 unspecified atom stereocenters. The molecule has 2 aromatic rings. The normalized spacial score (nSPS) is 28.4. The molecule has 2 aromatic carbocycles. The van der Waals surface area contributed by atoms with Gasteiger partial charge in [0, 0.05) is 19.2 Å². The molecule has 2 aliphatic carbocycles. The van der Waals surface area contributed by atoms with E-state index in [4.69, 9.17) is 14.6 Å². The first-order valence-corrected chi connectivity index (χ1v) is 12.4. The maximum atomic E-state index is 9.09. The molecule has 2 saturated carbocycles. The molecule has 0 saturated heterocycles. The molecule has 0 amide bonds. The quantitative estimate of drug-likeness (QED) is 0.482. The van der Waals surface area contributed by atoms with Gasteiger partial charge in [-0.2, -0.15) is 0 Å². The summed E-state index contributed by atoms with van der Waals surface area (Å²) in [6.45, 7) is 11.7. The van der Waals surface area contributed by atoms with Crippen LogP contribution in [-0.2, 0) is 22.7 Å². The van der Waals surface area contributed by atoms with Gasteiger partial charge in [-0.25, -0.2) is 0 Å². The third-order valence-corrected chi connectivity index (χ3v) is 6.86. The molecule has 4 heteroatoms. The first-order chi connectivity index (χ1) is 15.8. The Morgan fingerprint density at radius 1 is 0.788 bits per heavy atom. The van der Waals surface area contributed by atoms with Gasteiger partial charge < -0.3 is 19.9 Å². The van der Waals surface area contributed by atoms with Crippen molar-refractivity contribution < 1.29 is 14.6 Å². The average Bonchev–Trinajstić information content (AvgIpc) is 2.78. The van der Waals surface area contributed by atoms with Crippen molar-refractivity contribution in [1.29, 1.82) is 0 Å². The van der Waals surface area contributed by atoms with Gasteiger partial charge in [0.25, 0.3) is 0 Å². The highest BCUT2D eigenvalue weighted by Gasteiger charge is 2.41. The number of nitrogens with one attached hydrogen (secondary N) is 1. The van der Waals surface area contributed by atoms with Gasteiger partial charge in [0.05, 0.1) is 25.4 Å². The largest absolute Gasteiger partial charge is 0.396 e. The molecule has 0 aliphatic heterocycles. The van der Waals surface area contributed by atoms with E-state index in [9.17, 15) is 0 Å². The summed E-state index contributed by atoms with van der Waals surface area (Å²) in [6, 6.07) is 21.2. The van der Waals surface area contributed by atoms with Crippen molar-refractivity contribution in [2.24, 2.45) is 10.8 Å². The van der Waals surface area contributed by atoms with E-state index < -0.39 is 0 Å². The monoisotopic (exact) mass is 453 g/mol. The zero-order valence-electron chi connectivity index (χ0n) is 20.9. The van der Waals surface area contributed by atoms with Crippen molar-refractivity contribution in [3.8, 4) is 0 Å². The molecule has 0 atom stereocenters. The molecule has 0 bridgehead atoms. The van der Waals surface area contributed by atoms with Crippen LogP contribution in [0.2, 0.25) is 0 Å². The summed E-state index contributed by atoms with van der Waals surface area (Å²) >= 11 is 0. The van der Waals surface area contributed by atoms with Crippen LogP contribution in [0.4, 0.5) is 0 Å². The van der Waals surface area contributed by atoms with E-state index in [1.54, 1.807) is 0 Å². The van der Waals surface area contributed by atoms with Crippen LogP contribution in [0.25, 0.3) is 0 Å². The Hall–Kier alpha value is -1.72. The van der Waals surface area contributed by atoms with Crippen molar-refractivity contribution in [3.05, 3.63) is 71.8 Å². The van der Waals surface area contributed by atoms with Crippen molar-refractivity contribution in [2.75, 3.05) is 13.2 Å². The molecule has 2 fully saturated rings. The number of hydrogen-bond acceptors (Lipinski definition) is 4. The summed E-state index contributed by atoms with van der Waals surface area (Å²) in [7, 11) is 0. The maximum absolute atomic E-state index is 9.09. The highest BCUT2D eigenvalue weighted by molar-refractivity contribution is 5.14. The molecule has 0 aromatic heterocycles. The fraction of sp³-hybridized carbons (Fsp3) is 0.586. The fourth-order valence-electron chi connectivity index (χ4n) is 4.62. The molecular formula is C29H43NO3. The average molecular weight is 454 g/mol. The van der Waals surface area contributed by atoms with Gasteiger partial charge in [0.2, 0.25) is 0 Å². The van der Waals surface area contributed by atoms with Gasteiger partial charge in [-0.15, -0.1) is 0 Å². The fourth-order valence-corrected chi connectivity index (χ4v) is 4.62. The Morgan fingerprint density at radius 3 is 1.61 bits per heavy atom. The standard InChI is InChI=1S/C16H25NO.C13H18O2/c1-13(2)17-12-16(3)9-15(10-16)18-11-14-7-5-4-6-8-14;1-13(10-14)7-12(8-13)15-9-11-5-3-2-4-6-11/h4-8,13,15,17H,9-12H2,1-3H3;2-6,12,14H,7-10H2,1H3. The minimum Gasteiger partial charge on any atom is -0.396 e. The number of aliphatic hydroxyl groups excluding tert-OH is 1. The minimum atomic E-state index is 0.112. The van der Waals surface area contributed by atoms with E-state index in [0.29, 0.717) is 30.3 Å². The van der Waals surface area contributed by atoms with Crippen LogP contribution in [0, 0.1) is 10.8 Å². The van der Waals surface area contributed by atoms with E-state index >= 15 is 0 Å². The number of benzene rings is 2. The minimum absolute atomic E-state index is 0.112. The third-order valence-electron chi connectivity index (χ3n) is 6.86. The number of aliphatic hydroxyl groups is 1. The summed E-state index contributed by atoms with van der Waals surface area (Å²) in [5.41, 5.74) is 3.04. The number of hydrogen-bond donors (Lipinski definition) is 2. The Labute approximate surface area is 200 Å². The molecule has 4 rings (SSSR count). The lowest BCUT2D eigenvalue weighted by Crippen LogP contribution is -2.47. The number of rotatable bonds is 10. The Morgan fingerprint density at radius 2 is 1.21 bits per heavy atom. The van der Waals surface area contributed by atoms with Gasteiger partial charge >= 0.3 is 0 Å². The van der Waals surface area contributed by atoms with Gasteiger partial charge in [0.15, 0.2) is 0 Å². The predicted octanol–water partition coefficient (Wildman–Crippen LogP) is 5.73. The van der Waals surface area contributed by atoms with Crippen LogP contribution in [0.5, 0.6) is 0 Å². The Bertz CT molecular complexity index is 796. The van der Waals surface area contributed by atoms with E-state index in [0.717, 1.165) is 26.0 Å². The molecule has 2 aliphatic rings. The predicted molar refractivity (Wildman–Crippen MR) is 135 cm³/mol. The highest BCUT2D eigenvalue weighted by atomic mass is 16.5. The summed E-state index contributed by atoms with van der Waals surface area (Å²) in [4.78, 5) is 0. The first-order valence-electron chi connectivity index (χ1n) is 12.4. The highest BCUT2D eigenvalue weighted by Crippen LogP contribution is 2.43. The maximum Gasteiger partial charge on any atom is 0.0720 e. The summed E-state index contributed by atoms with van der Waals surface area (Å²) in [5.74, 6) is 0. The van der Waals surface area contributed by atoms with Gasteiger partial charge in [-0.1, -0.05) is 88.4 Å². The molecule has 4 nitrogen and oxygen atoms in total. The van der Waals surface area contributed by atoms with Crippen LogP contribution in [0.3, 0.4) is 0 Å². The second kappa shape index (κ2) is 12.1. The first kappa shape index (κ1) is 25.9. The van der Waals surface area contributed by atoms with Crippen LogP contribution >= 0.6 is 0 Å². The second-order valence-corrected chi connectivity index (χ2v) is 11.0. The molecule has 2 N–H and O–H groups in total. The van der Waals surface area contributed by atoms with Crippen LogP contribution in [0.15, 0.2) is 60.7 Å². The van der Waals surface area contributed by atoms with Gasteiger partial charge in [-0.3, -0.25) is 0 Å². The third kappa shape index (κ3) is 8.53. The smallest absolute Gasteiger partial charge is 0.0720 e. The molecule has 0 spiro atoms. The molecular weight excluding hydrogens is 410 g/mol. The van der Waals surface area contributed by atoms with Gasteiger partial charge in [-0.05, 0) is 47.6 Å². The van der Waals surface area contributed by atoms with Crippen molar-refractivity contribution >= 4 is 0 Å². The van der Waals surface area contributed by atoms with E-state index in [1.165, 1.54) is 24.0 Å². The zero-order valence-corrected chi connectivity index (χ0v) is 20.9.